The first kappa shape index (κ1) is 18.5. The van der Waals surface area contributed by atoms with Crippen molar-refractivity contribution >= 4 is 16.9 Å². The van der Waals surface area contributed by atoms with Crippen LogP contribution >= 0.6 is 0 Å². The van der Waals surface area contributed by atoms with E-state index in [1.807, 2.05) is 0 Å². The molecule has 1 amide bonds. The Labute approximate surface area is 152 Å². The smallest absolute Gasteiger partial charge is 0.336 e. The molecule has 26 heavy (non-hydrogen) atoms. The zero-order chi connectivity index (χ0) is 18.2. The first-order valence-corrected chi connectivity index (χ1v) is 9.26. The summed E-state index contributed by atoms with van der Waals surface area (Å²) in [5.74, 6) is 0.305. The average Bonchev–Trinajstić information content (AvgIpc) is 2.66. The van der Waals surface area contributed by atoms with Crippen LogP contribution in [-0.2, 0) is 9.53 Å². The molecule has 0 aliphatic heterocycles. The number of benzene rings is 1. The van der Waals surface area contributed by atoms with Gasteiger partial charge in [0.25, 0.3) is 5.91 Å². The van der Waals surface area contributed by atoms with Gasteiger partial charge < -0.3 is 19.2 Å². The van der Waals surface area contributed by atoms with E-state index in [2.05, 4.69) is 5.32 Å². The molecular formula is C20H25NO5. The number of amides is 1. The first-order valence-electron chi connectivity index (χ1n) is 9.26. The molecule has 0 bridgehead atoms. The monoisotopic (exact) mass is 359 g/mol. The summed E-state index contributed by atoms with van der Waals surface area (Å²) in [6, 6.07) is 8.20. The molecule has 0 radical (unpaired) electrons. The molecule has 2 aromatic rings. The summed E-state index contributed by atoms with van der Waals surface area (Å²) in [4.78, 5) is 23.1. The van der Waals surface area contributed by atoms with Crippen LogP contribution in [0.2, 0.25) is 0 Å². The Balaban J connectivity index is 1.34. The highest BCUT2D eigenvalue weighted by molar-refractivity contribution is 5.79. The van der Waals surface area contributed by atoms with Crippen LogP contribution in [0, 0.1) is 0 Å². The lowest BCUT2D eigenvalue weighted by Crippen LogP contribution is -2.30. The summed E-state index contributed by atoms with van der Waals surface area (Å²) >= 11 is 0. The summed E-state index contributed by atoms with van der Waals surface area (Å²) in [6.07, 6.45) is 7.35. The van der Waals surface area contributed by atoms with E-state index in [1.165, 1.54) is 25.3 Å². The Morgan fingerprint density at radius 2 is 1.96 bits per heavy atom. The molecule has 1 fully saturated rings. The fraction of sp³-hybridized carbons (Fsp3) is 0.500. The summed E-state index contributed by atoms with van der Waals surface area (Å²) in [5, 5.41) is 3.62. The first-order chi connectivity index (χ1) is 12.7. The molecule has 0 atom stereocenters. The molecule has 6 heteroatoms. The lowest BCUT2D eigenvalue weighted by molar-refractivity contribution is -0.123. The molecular weight excluding hydrogens is 334 g/mol. The minimum Gasteiger partial charge on any atom is -0.484 e. The van der Waals surface area contributed by atoms with Crippen LogP contribution < -0.4 is 15.7 Å². The quantitative estimate of drug-likeness (QED) is 0.579. The maximum Gasteiger partial charge on any atom is 0.336 e. The fourth-order valence-corrected chi connectivity index (χ4v) is 3.11. The summed E-state index contributed by atoms with van der Waals surface area (Å²) in [6.45, 7) is 1.17. The van der Waals surface area contributed by atoms with Crippen LogP contribution in [0.3, 0.4) is 0 Å². The Hall–Kier alpha value is -2.34. The van der Waals surface area contributed by atoms with Gasteiger partial charge in [-0.15, -0.1) is 0 Å². The minimum absolute atomic E-state index is 0.0773. The van der Waals surface area contributed by atoms with Crippen LogP contribution in [0.5, 0.6) is 5.75 Å². The fourth-order valence-electron chi connectivity index (χ4n) is 3.11. The summed E-state index contributed by atoms with van der Waals surface area (Å²) in [5.41, 5.74) is 0.0260. The maximum atomic E-state index is 11.8. The molecule has 0 unspecified atom stereocenters. The van der Waals surface area contributed by atoms with Crippen molar-refractivity contribution in [1.82, 2.24) is 5.32 Å². The topological polar surface area (TPSA) is 77.8 Å². The van der Waals surface area contributed by atoms with E-state index < -0.39 is 5.63 Å². The third-order valence-corrected chi connectivity index (χ3v) is 4.51. The summed E-state index contributed by atoms with van der Waals surface area (Å²) < 4.78 is 16.4. The molecule has 1 heterocycles. The van der Waals surface area contributed by atoms with Crippen LogP contribution in [0.15, 0.2) is 39.5 Å². The number of carbonyl (C=O) groups excluding carboxylic acids is 1. The Morgan fingerprint density at radius 3 is 2.81 bits per heavy atom. The molecule has 0 spiro atoms. The molecule has 6 nitrogen and oxygen atoms in total. The third kappa shape index (κ3) is 5.59. The third-order valence-electron chi connectivity index (χ3n) is 4.51. The standard InChI is InChI=1S/C20H25NO5/c22-19(21-11-4-12-24-16-5-2-1-3-6-16)14-25-17-9-7-15-8-10-20(23)26-18(15)13-17/h7-10,13,16H,1-6,11-12,14H2,(H,21,22). The van der Waals surface area contributed by atoms with Crippen molar-refractivity contribution in [3.63, 3.8) is 0 Å². The van der Waals surface area contributed by atoms with Gasteiger partial charge in [-0.1, -0.05) is 19.3 Å². The molecule has 1 N–H and O–H groups in total. The molecule has 140 valence electrons. The number of ether oxygens (including phenoxy) is 2. The van der Waals surface area contributed by atoms with E-state index in [-0.39, 0.29) is 12.5 Å². The SMILES string of the molecule is O=C(COc1ccc2ccc(=O)oc2c1)NCCCOC1CCCCC1. The van der Waals surface area contributed by atoms with E-state index in [0.717, 1.165) is 24.6 Å². The van der Waals surface area contributed by atoms with Crippen molar-refractivity contribution in [3.8, 4) is 5.75 Å². The molecule has 1 aromatic carbocycles. The van der Waals surface area contributed by atoms with Crippen molar-refractivity contribution < 1.29 is 18.7 Å². The minimum atomic E-state index is -0.414. The second-order valence-corrected chi connectivity index (χ2v) is 6.58. The lowest BCUT2D eigenvalue weighted by atomic mass is 9.98. The number of fused-ring (bicyclic) bond motifs is 1. The second-order valence-electron chi connectivity index (χ2n) is 6.58. The van der Waals surface area contributed by atoms with Crippen molar-refractivity contribution in [3.05, 3.63) is 40.8 Å². The van der Waals surface area contributed by atoms with Crippen LogP contribution in [-0.4, -0.2) is 31.8 Å². The van der Waals surface area contributed by atoms with Gasteiger partial charge in [0.1, 0.15) is 11.3 Å². The number of carbonyl (C=O) groups is 1. The molecule has 1 aliphatic rings. The predicted molar refractivity (Wildman–Crippen MR) is 98.4 cm³/mol. The van der Waals surface area contributed by atoms with E-state index in [4.69, 9.17) is 13.9 Å². The highest BCUT2D eigenvalue weighted by Crippen LogP contribution is 2.20. The van der Waals surface area contributed by atoms with E-state index in [0.29, 0.717) is 30.6 Å². The molecule has 1 aliphatic carbocycles. The van der Waals surface area contributed by atoms with Crippen molar-refractivity contribution in [2.75, 3.05) is 19.8 Å². The van der Waals surface area contributed by atoms with Gasteiger partial charge in [-0.05, 0) is 37.5 Å². The van der Waals surface area contributed by atoms with Crippen molar-refractivity contribution in [2.45, 2.75) is 44.6 Å². The van der Waals surface area contributed by atoms with Gasteiger partial charge in [0.2, 0.25) is 0 Å². The number of hydrogen-bond acceptors (Lipinski definition) is 5. The highest BCUT2D eigenvalue weighted by Gasteiger charge is 2.13. The predicted octanol–water partition coefficient (Wildman–Crippen LogP) is 3.03. The van der Waals surface area contributed by atoms with E-state index >= 15 is 0 Å². The zero-order valence-electron chi connectivity index (χ0n) is 14.9. The zero-order valence-corrected chi connectivity index (χ0v) is 14.9. The van der Waals surface area contributed by atoms with Crippen LogP contribution in [0.1, 0.15) is 38.5 Å². The number of nitrogens with one attached hydrogen (secondary N) is 1. The normalized spacial score (nSPS) is 15.1. The van der Waals surface area contributed by atoms with Gasteiger partial charge in [0.05, 0.1) is 6.10 Å². The average molecular weight is 359 g/mol. The number of rotatable bonds is 8. The number of hydrogen-bond donors (Lipinski definition) is 1. The highest BCUT2D eigenvalue weighted by atomic mass is 16.5. The van der Waals surface area contributed by atoms with Gasteiger partial charge in [0, 0.05) is 30.7 Å². The second kappa shape index (κ2) is 9.38. The van der Waals surface area contributed by atoms with Gasteiger partial charge in [-0.3, -0.25) is 4.79 Å². The lowest BCUT2D eigenvalue weighted by Gasteiger charge is -2.21. The molecule has 0 saturated heterocycles. The molecule has 1 saturated carbocycles. The van der Waals surface area contributed by atoms with E-state index in [1.54, 1.807) is 24.3 Å². The Morgan fingerprint density at radius 1 is 1.15 bits per heavy atom. The van der Waals surface area contributed by atoms with Crippen molar-refractivity contribution in [1.29, 1.82) is 0 Å². The van der Waals surface area contributed by atoms with Crippen molar-refractivity contribution in [2.24, 2.45) is 0 Å². The van der Waals surface area contributed by atoms with Crippen LogP contribution in [0.25, 0.3) is 11.0 Å². The van der Waals surface area contributed by atoms with Gasteiger partial charge in [0.15, 0.2) is 6.61 Å². The Bertz CT molecular complexity index is 779. The molecule has 3 rings (SSSR count). The Kier molecular flexibility index (Phi) is 6.66. The van der Waals surface area contributed by atoms with Gasteiger partial charge in [-0.2, -0.15) is 0 Å². The van der Waals surface area contributed by atoms with Crippen LogP contribution in [0.4, 0.5) is 0 Å². The van der Waals surface area contributed by atoms with Gasteiger partial charge in [-0.25, -0.2) is 4.79 Å². The van der Waals surface area contributed by atoms with Gasteiger partial charge >= 0.3 is 5.63 Å². The van der Waals surface area contributed by atoms with E-state index in [9.17, 15) is 9.59 Å². The molecule has 1 aromatic heterocycles. The largest absolute Gasteiger partial charge is 0.484 e. The summed E-state index contributed by atoms with van der Waals surface area (Å²) in [7, 11) is 0. The maximum absolute atomic E-state index is 11.8.